The molecule has 1 aromatic heterocycles. The number of nitrogens with two attached hydrogens (primary N) is 1. The quantitative estimate of drug-likeness (QED) is 0.809. The van der Waals surface area contributed by atoms with Crippen molar-refractivity contribution in [1.82, 2.24) is 4.57 Å². The van der Waals surface area contributed by atoms with Crippen LogP contribution in [0.1, 0.15) is 11.3 Å². The minimum atomic E-state index is 0.690. The van der Waals surface area contributed by atoms with Crippen molar-refractivity contribution in [3.8, 4) is 5.69 Å². The third kappa shape index (κ3) is 2.10. The standard InChI is InChI=1S/C13H16N2/c1-11-4-6-13(7-5-11)15-10-2-3-12(15)8-9-14/h2-7,10H,8-9,14H2,1H3. The van der Waals surface area contributed by atoms with Crippen LogP contribution in [0, 0.1) is 6.92 Å². The highest BCUT2D eigenvalue weighted by Crippen LogP contribution is 2.13. The highest BCUT2D eigenvalue weighted by atomic mass is 15.0. The zero-order chi connectivity index (χ0) is 10.7. The zero-order valence-corrected chi connectivity index (χ0v) is 8.98. The highest BCUT2D eigenvalue weighted by molar-refractivity contribution is 5.37. The van der Waals surface area contributed by atoms with Gasteiger partial charge >= 0.3 is 0 Å². The molecule has 0 saturated heterocycles. The van der Waals surface area contributed by atoms with Crippen molar-refractivity contribution in [2.24, 2.45) is 5.73 Å². The number of nitrogens with zero attached hydrogens (tertiary/aromatic N) is 1. The summed E-state index contributed by atoms with van der Waals surface area (Å²) in [5, 5.41) is 0. The van der Waals surface area contributed by atoms with Crippen molar-refractivity contribution in [1.29, 1.82) is 0 Å². The molecule has 2 rings (SSSR count). The first-order valence-electron chi connectivity index (χ1n) is 5.24. The molecule has 0 radical (unpaired) electrons. The van der Waals surface area contributed by atoms with Gasteiger partial charge in [-0.3, -0.25) is 0 Å². The fourth-order valence-electron chi connectivity index (χ4n) is 1.73. The van der Waals surface area contributed by atoms with E-state index >= 15 is 0 Å². The Balaban J connectivity index is 2.36. The molecule has 2 aromatic rings. The number of benzene rings is 1. The lowest BCUT2D eigenvalue weighted by molar-refractivity contribution is 0.874. The first kappa shape index (κ1) is 9.99. The van der Waals surface area contributed by atoms with Crippen LogP contribution < -0.4 is 5.73 Å². The molecule has 0 fully saturated rings. The maximum atomic E-state index is 5.58. The predicted molar refractivity (Wildman–Crippen MR) is 63.3 cm³/mol. The van der Waals surface area contributed by atoms with E-state index in [1.807, 2.05) is 0 Å². The van der Waals surface area contributed by atoms with Gasteiger partial charge in [0.2, 0.25) is 0 Å². The van der Waals surface area contributed by atoms with Crippen LogP contribution in [0.4, 0.5) is 0 Å². The van der Waals surface area contributed by atoms with Crippen LogP contribution in [0.15, 0.2) is 42.6 Å². The monoisotopic (exact) mass is 200 g/mol. The Hall–Kier alpha value is -1.54. The first-order chi connectivity index (χ1) is 7.31. The number of aromatic nitrogens is 1. The van der Waals surface area contributed by atoms with E-state index in [4.69, 9.17) is 5.73 Å². The van der Waals surface area contributed by atoms with Crippen LogP contribution in [-0.2, 0) is 6.42 Å². The topological polar surface area (TPSA) is 30.9 Å². The van der Waals surface area contributed by atoms with Crippen molar-refractivity contribution >= 4 is 0 Å². The Kier molecular flexibility index (Phi) is 2.88. The van der Waals surface area contributed by atoms with Gasteiger partial charge in [0, 0.05) is 24.0 Å². The summed E-state index contributed by atoms with van der Waals surface area (Å²) in [6.45, 7) is 2.79. The molecule has 0 aliphatic carbocycles. The lowest BCUT2D eigenvalue weighted by Gasteiger charge is -2.08. The second kappa shape index (κ2) is 4.32. The number of hydrogen-bond acceptors (Lipinski definition) is 1. The Labute approximate surface area is 90.3 Å². The third-order valence-corrected chi connectivity index (χ3v) is 2.55. The van der Waals surface area contributed by atoms with E-state index in [0.717, 1.165) is 6.42 Å². The summed E-state index contributed by atoms with van der Waals surface area (Å²) in [5.41, 5.74) is 9.33. The fourth-order valence-corrected chi connectivity index (χ4v) is 1.73. The lowest BCUT2D eigenvalue weighted by atomic mass is 10.2. The van der Waals surface area contributed by atoms with Crippen LogP contribution in [0.3, 0.4) is 0 Å². The summed E-state index contributed by atoms with van der Waals surface area (Å²) in [4.78, 5) is 0. The van der Waals surface area contributed by atoms with Gasteiger partial charge in [0.25, 0.3) is 0 Å². The van der Waals surface area contributed by atoms with Crippen molar-refractivity contribution in [3.05, 3.63) is 53.9 Å². The molecular weight excluding hydrogens is 184 g/mol. The molecule has 0 saturated carbocycles. The van der Waals surface area contributed by atoms with E-state index < -0.39 is 0 Å². The molecule has 0 spiro atoms. The van der Waals surface area contributed by atoms with E-state index in [1.54, 1.807) is 0 Å². The summed E-state index contributed by atoms with van der Waals surface area (Å²) < 4.78 is 2.19. The molecule has 2 nitrogen and oxygen atoms in total. The number of hydrogen-bond donors (Lipinski definition) is 1. The van der Waals surface area contributed by atoms with Crippen molar-refractivity contribution in [2.75, 3.05) is 6.54 Å². The van der Waals surface area contributed by atoms with Gasteiger partial charge in [-0.05, 0) is 37.7 Å². The smallest absolute Gasteiger partial charge is 0.0452 e. The zero-order valence-electron chi connectivity index (χ0n) is 8.98. The summed E-state index contributed by atoms with van der Waals surface area (Å²) >= 11 is 0. The number of aryl methyl sites for hydroxylation is 1. The first-order valence-corrected chi connectivity index (χ1v) is 5.24. The van der Waals surface area contributed by atoms with Crippen molar-refractivity contribution in [2.45, 2.75) is 13.3 Å². The van der Waals surface area contributed by atoms with Crippen LogP contribution in [-0.4, -0.2) is 11.1 Å². The van der Waals surface area contributed by atoms with Gasteiger partial charge in [-0.15, -0.1) is 0 Å². The Morgan fingerprint density at radius 2 is 1.87 bits per heavy atom. The Bertz CT molecular complexity index is 426. The number of rotatable bonds is 3. The van der Waals surface area contributed by atoms with E-state index in [2.05, 4.69) is 54.1 Å². The largest absolute Gasteiger partial charge is 0.330 e. The molecule has 0 bridgehead atoms. The molecule has 1 aromatic carbocycles. The molecule has 15 heavy (non-hydrogen) atoms. The van der Waals surface area contributed by atoms with Gasteiger partial charge in [-0.25, -0.2) is 0 Å². The second-order valence-corrected chi connectivity index (χ2v) is 3.74. The molecule has 0 amide bonds. The molecule has 0 aliphatic heterocycles. The average molecular weight is 200 g/mol. The Morgan fingerprint density at radius 3 is 2.53 bits per heavy atom. The van der Waals surface area contributed by atoms with E-state index in [-0.39, 0.29) is 0 Å². The molecule has 0 unspecified atom stereocenters. The van der Waals surface area contributed by atoms with Gasteiger partial charge in [0.05, 0.1) is 0 Å². The second-order valence-electron chi connectivity index (χ2n) is 3.74. The van der Waals surface area contributed by atoms with Crippen LogP contribution in [0.25, 0.3) is 5.69 Å². The summed E-state index contributed by atoms with van der Waals surface area (Å²) in [6.07, 6.45) is 3.00. The summed E-state index contributed by atoms with van der Waals surface area (Å²) in [7, 11) is 0. The molecule has 2 heteroatoms. The van der Waals surface area contributed by atoms with Crippen LogP contribution in [0.2, 0.25) is 0 Å². The highest BCUT2D eigenvalue weighted by Gasteiger charge is 2.01. The minimum Gasteiger partial charge on any atom is -0.330 e. The summed E-state index contributed by atoms with van der Waals surface area (Å²) in [5.74, 6) is 0. The molecule has 2 N–H and O–H groups in total. The van der Waals surface area contributed by atoms with Gasteiger partial charge in [-0.1, -0.05) is 17.7 Å². The van der Waals surface area contributed by atoms with E-state index in [1.165, 1.54) is 16.9 Å². The lowest BCUT2D eigenvalue weighted by Crippen LogP contribution is -2.07. The van der Waals surface area contributed by atoms with Crippen LogP contribution >= 0.6 is 0 Å². The molecular formula is C13H16N2. The van der Waals surface area contributed by atoms with E-state index in [9.17, 15) is 0 Å². The van der Waals surface area contributed by atoms with Gasteiger partial charge < -0.3 is 10.3 Å². The molecule has 1 heterocycles. The third-order valence-electron chi connectivity index (χ3n) is 2.55. The predicted octanol–water partition coefficient (Wildman–Crippen LogP) is 2.29. The van der Waals surface area contributed by atoms with Gasteiger partial charge in [-0.2, -0.15) is 0 Å². The maximum absolute atomic E-state index is 5.58. The molecule has 78 valence electrons. The van der Waals surface area contributed by atoms with Crippen molar-refractivity contribution in [3.63, 3.8) is 0 Å². The maximum Gasteiger partial charge on any atom is 0.0452 e. The minimum absolute atomic E-state index is 0.690. The normalized spacial score (nSPS) is 10.5. The average Bonchev–Trinajstić information content (AvgIpc) is 2.68. The van der Waals surface area contributed by atoms with E-state index in [0.29, 0.717) is 6.54 Å². The fraction of sp³-hybridized carbons (Fsp3) is 0.231. The van der Waals surface area contributed by atoms with Crippen molar-refractivity contribution < 1.29 is 0 Å². The summed E-state index contributed by atoms with van der Waals surface area (Å²) in [6, 6.07) is 12.7. The van der Waals surface area contributed by atoms with Gasteiger partial charge in [0.15, 0.2) is 0 Å². The molecule has 0 atom stereocenters. The van der Waals surface area contributed by atoms with Gasteiger partial charge in [0.1, 0.15) is 0 Å². The SMILES string of the molecule is Cc1ccc(-n2cccc2CCN)cc1. The van der Waals surface area contributed by atoms with Crippen LogP contribution in [0.5, 0.6) is 0 Å². The Morgan fingerprint density at radius 1 is 1.13 bits per heavy atom. The molecule has 0 aliphatic rings.